The monoisotopic (exact) mass is 238 g/mol. The summed E-state index contributed by atoms with van der Waals surface area (Å²) in [6.45, 7) is 1.08. The van der Waals surface area contributed by atoms with Crippen LogP contribution in [0.25, 0.3) is 0 Å². The third kappa shape index (κ3) is 3.21. The molecule has 2 N–H and O–H groups in total. The second kappa shape index (κ2) is 5.17. The van der Waals surface area contributed by atoms with Crippen molar-refractivity contribution in [3.05, 3.63) is 34.9 Å². The third-order valence-corrected chi connectivity index (χ3v) is 3.51. The third-order valence-electron chi connectivity index (χ3n) is 3.26. The van der Waals surface area contributed by atoms with E-state index in [9.17, 15) is 0 Å². The van der Waals surface area contributed by atoms with E-state index in [1.165, 1.54) is 18.4 Å². The maximum Gasteiger partial charge on any atom is 0.0406 e. The summed E-state index contributed by atoms with van der Waals surface area (Å²) in [5.41, 5.74) is 7.32. The number of hydrogen-bond acceptors (Lipinski definition) is 2. The molecular formula is C13H19ClN2. The summed E-state index contributed by atoms with van der Waals surface area (Å²) in [4.78, 5) is 2.41. The molecule has 1 saturated carbocycles. The molecule has 0 bridgehead atoms. The summed E-state index contributed by atoms with van der Waals surface area (Å²) in [5.74, 6) is 0. The molecule has 0 aliphatic heterocycles. The summed E-state index contributed by atoms with van der Waals surface area (Å²) < 4.78 is 0. The zero-order valence-electron chi connectivity index (χ0n) is 9.70. The van der Waals surface area contributed by atoms with Crippen LogP contribution in [-0.4, -0.2) is 24.5 Å². The molecule has 0 radical (unpaired) electrons. The van der Waals surface area contributed by atoms with Crippen molar-refractivity contribution in [1.82, 2.24) is 4.90 Å². The summed E-state index contributed by atoms with van der Waals surface area (Å²) in [6.07, 6.45) is 3.72. The SMILES string of the molecule is CN(CCC(N)c1ccc(Cl)cc1)C1CC1. The molecule has 3 heteroatoms. The zero-order chi connectivity index (χ0) is 11.5. The van der Waals surface area contributed by atoms with Gasteiger partial charge in [0.2, 0.25) is 0 Å². The Balaban J connectivity index is 1.82. The first-order valence-electron chi connectivity index (χ1n) is 5.88. The van der Waals surface area contributed by atoms with Crippen LogP contribution in [0.3, 0.4) is 0 Å². The molecule has 88 valence electrons. The Kier molecular flexibility index (Phi) is 3.85. The van der Waals surface area contributed by atoms with Gasteiger partial charge in [-0.2, -0.15) is 0 Å². The molecule has 0 aromatic heterocycles. The van der Waals surface area contributed by atoms with Crippen molar-refractivity contribution >= 4 is 11.6 Å². The van der Waals surface area contributed by atoms with E-state index in [-0.39, 0.29) is 6.04 Å². The van der Waals surface area contributed by atoms with E-state index in [1.54, 1.807) is 0 Å². The summed E-state index contributed by atoms with van der Waals surface area (Å²) in [7, 11) is 2.19. The highest BCUT2D eigenvalue weighted by molar-refractivity contribution is 6.30. The quantitative estimate of drug-likeness (QED) is 0.855. The van der Waals surface area contributed by atoms with Crippen LogP contribution in [0.5, 0.6) is 0 Å². The molecule has 0 amide bonds. The van der Waals surface area contributed by atoms with Crippen molar-refractivity contribution in [3.63, 3.8) is 0 Å². The maximum atomic E-state index is 6.14. The minimum Gasteiger partial charge on any atom is -0.324 e. The van der Waals surface area contributed by atoms with E-state index in [2.05, 4.69) is 11.9 Å². The normalized spacial score (nSPS) is 17.8. The first-order chi connectivity index (χ1) is 7.66. The van der Waals surface area contributed by atoms with E-state index < -0.39 is 0 Å². The first kappa shape index (κ1) is 11.9. The van der Waals surface area contributed by atoms with Crippen LogP contribution in [-0.2, 0) is 0 Å². The van der Waals surface area contributed by atoms with Crippen LogP contribution in [0.4, 0.5) is 0 Å². The Morgan fingerprint density at radius 1 is 1.38 bits per heavy atom. The predicted molar refractivity (Wildman–Crippen MR) is 68.6 cm³/mol. The molecular weight excluding hydrogens is 220 g/mol. The zero-order valence-corrected chi connectivity index (χ0v) is 10.5. The van der Waals surface area contributed by atoms with Crippen molar-refractivity contribution in [2.45, 2.75) is 31.3 Å². The average Bonchev–Trinajstić information content (AvgIpc) is 3.10. The highest BCUT2D eigenvalue weighted by atomic mass is 35.5. The van der Waals surface area contributed by atoms with Crippen molar-refractivity contribution < 1.29 is 0 Å². The van der Waals surface area contributed by atoms with Gasteiger partial charge in [-0.25, -0.2) is 0 Å². The van der Waals surface area contributed by atoms with E-state index in [0.29, 0.717) is 0 Å². The van der Waals surface area contributed by atoms with Gasteiger partial charge in [0.15, 0.2) is 0 Å². The number of benzene rings is 1. The summed E-state index contributed by atoms with van der Waals surface area (Å²) >= 11 is 5.84. The molecule has 1 unspecified atom stereocenters. The lowest BCUT2D eigenvalue weighted by atomic mass is 10.0. The minimum atomic E-state index is 0.124. The van der Waals surface area contributed by atoms with Gasteiger partial charge in [-0.05, 0) is 50.6 Å². The lowest BCUT2D eigenvalue weighted by molar-refractivity contribution is 0.309. The molecule has 1 aliphatic carbocycles. The van der Waals surface area contributed by atoms with Crippen LogP contribution >= 0.6 is 11.6 Å². The number of halogens is 1. The molecule has 0 spiro atoms. The Morgan fingerprint density at radius 2 is 2.00 bits per heavy atom. The van der Waals surface area contributed by atoms with E-state index in [4.69, 9.17) is 17.3 Å². The second-order valence-electron chi connectivity index (χ2n) is 4.66. The second-order valence-corrected chi connectivity index (χ2v) is 5.09. The smallest absolute Gasteiger partial charge is 0.0406 e. The molecule has 1 aromatic rings. The lowest BCUT2D eigenvalue weighted by Gasteiger charge is -2.19. The molecule has 1 aromatic carbocycles. The average molecular weight is 239 g/mol. The Hall–Kier alpha value is -0.570. The lowest BCUT2D eigenvalue weighted by Crippen LogP contribution is -2.25. The van der Waals surface area contributed by atoms with Crippen molar-refractivity contribution in [3.8, 4) is 0 Å². The highest BCUT2D eigenvalue weighted by Crippen LogP contribution is 2.26. The molecule has 2 rings (SSSR count). The molecule has 2 nitrogen and oxygen atoms in total. The molecule has 1 fully saturated rings. The van der Waals surface area contributed by atoms with E-state index in [1.807, 2.05) is 24.3 Å². The summed E-state index contributed by atoms with van der Waals surface area (Å²) in [5, 5.41) is 0.769. The molecule has 1 aliphatic rings. The van der Waals surface area contributed by atoms with Crippen LogP contribution in [0.15, 0.2) is 24.3 Å². The Bertz CT molecular complexity index is 332. The van der Waals surface area contributed by atoms with Crippen molar-refractivity contribution in [1.29, 1.82) is 0 Å². The molecule has 0 saturated heterocycles. The largest absolute Gasteiger partial charge is 0.324 e. The van der Waals surface area contributed by atoms with Crippen molar-refractivity contribution in [2.75, 3.05) is 13.6 Å². The Morgan fingerprint density at radius 3 is 2.56 bits per heavy atom. The van der Waals surface area contributed by atoms with Crippen LogP contribution in [0.2, 0.25) is 5.02 Å². The number of rotatable bonds is 5. The fourth-order valence-corrected chi connectivity index (χ4v) is 2.04. The van der Waals surface area contributed by atoms with Gasteiger partial charge in [0.25, 0.3) is 0 Å². The Labute approximate surface area is 102 Å². The number of hydrogen-bond donors (Lipinski definition) is 1. The maximum absolute atomic E-state index is 6.14. The van der Waals surface area contributed by atoms with Crippen LogP contribution in [0, 0.1) is 0 Å². The van der Waals surface area contributed by atoms with Crippen molar-refractivity contribution in [2.24, 2.45) is 5.73 Å². The molecule has 0 heterocycles. The minimum absolute atomic E-state index is 0.124. The van der Waals surface area contributed by atoms with Gasteiger partial charge in [0, 0.05) is 17.1 Å². The fraction of sp³-hybridized carbons (Fsp3) is 0.538. The standard InChI is InChI=1S/C13H19ClN2/c1-16(12-6-7-12)9-8-13(15)10-2-4-11(14)5-3-10/h2-5,12-13H,6-9,15H2,1H3. The van der Waals surface area contributed by atoms with Gasteiger partial charge in [-0.1, -0.05) is 23.7 Å². The van der Waals surface area contributed by atoms with Gasteiger partial charge in [0.1, 0.15) is 0 Å². The molecule has 16 heavy (non-hydrogen) atoms. The van der Waals surface area contributed by atoms with Gasteiger partial charge >= 0.3 is 0 Å². The van der Waals surface area contributed by atoms with Gasteiger partial charge in [-0.3, -0.25) is 0 Å². The van der Waals surface area contributed by atoms with Gasteiger partial charge < -0.3 is 10.6 Å². The molecule has 1 atom stereocenters. The van der Waals surface area contributed by atoms with Crippen LogP contribution in [0.1, 0.15) is 30.9 Å². The number of nitrogens with zero attached hydrogens (tertiary/aromatic N) is 1. The van der Waals surface area contributed by atoms with Gasteiger partial charge in [0.05, 0.1) is 0 Å². The highest BCUT2D eigenvalue weighted by Gasteiger charge is 2.25. The van der Waals surface area contributed by atoms with Crippen LogP contribution < -0.4 is 5.73 Å². The summed E-state index contributed by atoms with van der Waals surface area (Å²) in [6, 6.07) is 8.78. The predicted octanol–water partition coefficient (Wildman–Crippen LogP) is 2.82. The van der Waals surface area contributed by atoms with Gasteiger partial charge in [-0.15, -0.1) is 0 Å². The number of nitrogens with two attached hydrogens (primary N) is 1. The first-order valence-corrected chi connectivity index (χ1v) is 6.26. The van der Waals surface area contributed by atoms with E-state index in [0.717, 1.165) is 24.0 Å². The van der Waals surface area contributed by atoms with E-state index >= 15 is 0 Å². The fourth-order valence-electron chi connectivity index (χ4n) is 1.92. The topological polar surface area (TPSA) is 29.3 Å².